The Labute approximate surface area is 80.9 Å². The van der Waals surface area contributed by atoms with E-state index in [1.54, 1.807) is 19.1 Å². The van der Waals surface area contributed by atoms with E-state index in [0.29, 0.717) is 5.56 Å². The molecule has 4 nitrogen and oxygen atoms in total. The summed E-state index contributed by atoms with van der Waals surface area (Å²) in [6.07, 6.45) is 0. The van der Waals surface area contributed by atoms with Crippen molar-refractivity contribution in [1.82, 2.24) is 0 Å². The molecule has 4 heteroatoms. The molecular weight excluding hydrogens is 180 g/mol. The van der Waals surface area contributed by atoms with Crippen LogP contribution in [-0.4, -0.2) is 4.92 Å². The molecule has 0 unspecified atom stereocenters. The lowest BCUT2D eigenvalue weighted by Crippen LogP contribution is -1.90. The van der Waals surface area contributed by atoms with Gasteiger partial charge in [0.2, 0.25) is 0 Å². The highest BCUT2D eigenvalue weighted by Gasteiger charge is 2.06. The molecule has 1 aromatic rings. The molecule has 0 amide bonds. The molecule has 0 aliphatic heterocycles. The maximum absolute atomic E-state index is 10.4. The largest absolute Gasteiger partial charge is 0.270 e. The number of nitro groups is 1. The number of hydrogen-bond donors (Lipinski definition) is 0. The first-order chi connectivity index (χ1) is 6.65. The summed E-state index contributed by atoms with van der Waals surface area (Å²) in [6, 6.07) is 6.04. The molecule has 0 saturated carbocycles. The number of nitriles is 1. The number of non-ortho nitro benzene ring substituents is 1. The highest BCUT2D eigenvalue weighted by Crippen LogP contribution is 2.16. The van der Waals surface area contributed by atoms with Crippen molar-refractivity contribution in [3.63, 3.8) is 0 Å². The molecule has 0 aliphatic rings. The predicted molar refractivity (Wildman–Crippen MR) is 50.3 cm³/mol. The molecule has 0 bridgehead atoms. The average Bonchev–Trinajstić information content (AvgIpc) is 2.16. The zero-order valence-corrected chi connectivity index (χ0v) is 7.44. The minimum atomic E-state index is -0.489. The summed E-state index contributed by atoms with van der Waals surface area (Å²) in [7, 11) is 0. The van der Waals surface area contributed by atoms with E-state index in [0.717, 1.165) is 5.56 Å². The molecule has 0 fully saturated rings. The van der Waals surface area contributed by atoms with Gasteiger partial charge in [-0.05, 0) is 12.5 Å². The minimum absolute atomic E-state index is 0.0159. The average molecular weight is 186 g/mol. The fourth-order valence-corrected chi connectivity index (χ4v) is 0.954. The van der Waals surface area contributed by atoms with Crippen molar-refractivity contribution < 1.29 is 4.92 Å². The fraction of sp³-hybridized carbons (Fsp3) is 0.100. The SMILES string of the molecule is Cc1ccc([N+](=O)[O-])cc1C#CC#N. The lowest BCUT2D eigenvalue weighted by atomic mass is 10.1. The third-order valence-electron chi connectivity index (χ3n) is 1.69. The summed E-state index contributed by atoms with van der Waals surface area (Å²) in [5, 5.41) is 18.7. The third-order valence-corrected chi connectivity index (χ3v) is 1.69. The van der Waals surface area contributed by atoms with Crippen molar-refractivity contribution >= 4 is 5.69 Å². The van der Waals surface area contributed by atoms with E-state index in [1.165, 1.54) is 12.1 Å². The van der Waals surface area contributed by atoms with Crippen LogP contribution in [0.4, 0.5) is 5.69 Å². The Balaban J connectivity index is 3.23. The zero-order chi connectivity index (χ0) is 10.6. The normalized spacial score (nSPS) is 8.29. The van der Waals surface area contributed by atoms with Crippen molar-refractivity contribution in [3.05, 3.63) is 39.4 Å². The Morgan fingerprint density at radius 1 is 1.50 bits per heavy atom. The molecule has 1 rings (SSSR count). The van der Waals surface area contributed by atoms with Gasteiger partial charge in [0.05, 0.1) is 4.92 Å². The quantitative estimate of drug-likeness (QED) is 0.381. The van der Waals surface area contributed by atoms with Crippen molar-refractivity contribution in [1.29, 1.82) is 5.26 Å². The number of nitro benzene ring substituents is 1. The molecular formula is C10H6N2O2. The second kappa shape index (κ2) is 4.06. The summed E-state index contributed by atoms with van der Waals surface area (Å²) < 4.78 is 0. The Kier molecular flexibility index (Phi) is 2.83. The maximum atomic E-state index is 10.4. The van der Waals surface area contributed by atoms with Crippen LogP contribution in [0.5, 0.6) is 0 Å². The smallest absolute Gasteiger partial charge is 0.258 e. The summed E-state index contributed by atoms with van der Waals surface area (Å²) in [5.74, 6) is 4.75. The van der Waals surface area contributed by atoms with Gasteiger partial charge < -0.3 is 0 Å². The number of benzene rings is 1. The lowest BCUT2D eigenvalue weighted by molar-refractivity contribution is -0.384. The minimum Gasteiger partial charge on any atom is -0.258 e. The van der Waals surface area contributed by atoms with Crippen LogP contribution in [0.15, 0.2) is 18.2 Å². The number of aryl methyl sites for hydroxylation is 1. The molecule has 68 valence electrons. The summed E-state index contributed by atoms with van der Waals surface area (Å²) in [4.78, 5) is 9.94. The van der Waals surface area contributed by atoms with Gasteiger partial charge in [0.1, 0.15) is 0 Å². The molecule has 0 N–H and O–H groups in total. The van der Waals surface area contributed by atoms with Crippen LogP contribution in [0.1, 0.15) is 11.1 Å². The second-order valence-electron chi connectivity index (χ2n) is 2.62. The van der Waals surface area contributed by atoms with Gasteiger partial charge in [0, 0.05) is 23.6 Å². The van der Waals surface area contributed by atoms with Crippen LogP contribution in [-0.2, 0) is 0 Å². The first kappa shape index (κ1) is 9.76. The van der Waals surface area contributed by atoms with Gasteiger partial charge in [-0.1, -0.05) is 12.0 Å². The van der Waals surface area contributed by atoms with E-state index in [4.69, 9.17) is 5.26 Å². The Hall–Kier alpha value is -2.33. The lowest BCUT2D eigenvalue weighted by Gasteiger charge is -1.96. The monoisotopic (exact) mass is 186 g/mol. The summed E-state index contributed by atoms with van der Waals surface area (Å²) in [5.41, 5.74) is 1.32. The molecule has 1 aromatic carbocycles. The van der Waals surface area contributed by atoms with Gasteiger partial charge in [-0.15, -0.1) is 0 Å². The predicted octanol–water partition coefficient (Wildman–Crippen LogP) is 1.78. The van der Waals surface area contributed by atoms with Crippen LogP contribution in [0, 0.1) is 40.2 Å². The van der Waals surface area contributed by atoms with Gasteiger partial charge in [-0.2, -0.15) is 5.26 Å². The van der Waals surface area contributed by atoms with E-state index in [1.807, 2.05) is 0 Å². The molecule has 0 radical (unpaired) electrons. The van der Waals surface area contributed by atoms with Gasteiger partial charge in [0.25, 0.3) is 5.69 Å². The van der Waals surface area contributed by atoms with Gasteiger partial charge in [-0.25, -0.2) is 0 Å². The van der Waals surface area contributed by atoms with Crippen LogP contribution in [0.3, 0.4) is 0 Å². The Bertz CT molecular complexity index is 475. The van der Waals surface area contributed by atoms with Crippen molar-refractivity contribution in [3.8, 4) is 17.9 Å². The molecule has 0 heterocycles. The Morgan fingerprint density at radius 3 is 2.79 bits per heavy atom. The number of nitrogens with zero attached hydrogens (tertiary/aromatic N) is 2. The second-order valence-corrected chi connectivity index (χ2v) is 2.62. The number of hydrogen-bond acceptors (Lipinski definition) is 3. The van der Waals surface area contributed by atoms with Crippen LogP contribution in [0.25, 0.3) is 0 Å². The van der Waals surface area contributed by atoms with Gasteiger partial charge in [-0.3, -0.25) is 10.1 Å². The zero-order valence-electron chi connectivity index (χ0n) is 7.44. The van der Waals surface area contributed by atoms with E-state index < -0.39 is 4.92 Å². The van der Waals surface area contributed by atoms with Crippen LogP contribution in [0.2, 0.25) is 0 Å². The fourth-order valence-electron chi connectivity index (χ4n) is 0.954. The first-order valence-electron chi connectivity index (χ1n) is 3.80. The van der Waals surface area contributed by atoms with E-state index in [2.05, 4.69) is 11.8 Å². The van der Waals surface area contributed by atoms with Crippen molar-refractivity contribution in [2.45, 2.75) is 6.92 Å². The van der Waals surface area contributed by atoms with Gasteiger partial charge >= 0.3 is 0 Å². The van der Waals surface area contributed by atoms with Crippen molar-refractivity contribution in [2.75, 3.05) is 0 Å². The highest BCUT2D eigenvalue weighted by atomic mass is 16.6. The molecule has 0 aliphatic carbocycles. The highest BCUT2D eigenvalue weighted by molar-refractivity contribution is 5.49. The third kappa shape index (κ3) is 2.09. The first-order valence-corrected chi connectivity index (χ1v) is 3.80. The van der Waals surface area contributed by atoms with Crippen LogP contribution >= 0.6 is 0 Å². The maximum Gasteiger partial charge on any atom is 0.270 e. The van der Waals surface area contributed by atoms with E-state index >= 15 is 0 Å². The standard InChI is InChI=1S/C10H6N2O2/c1-8-4-5-10(12(13)14)7-9(8)3-2-6-11/h4-5,7H,1H3. The molecule has 14 heavy (non-hydrogen) atoms. The van der Waals surface area contributed by atoms with E-state index in [9.17, 15) is 10.1 Å². The van der Waals surface area contributed by atoms with Gasteiger partial charge in [0.15, 0.2) is 6.07 Å². The molecule has 0 atom stereocenters. The van der Waals surface area contributed by atoms with E-state index in [-0.39, 0.29) is 5.69 Å². The summed E-state index contributed by atoms with van der Waals surface area (Å²) >= 11 is 0. The molecule has 0 saturated heterocycles. The van der Waals surface area contributed by atoms with Crippen molar-refractivity contribution in [2.24, 2.45) is 0 Å². The molecule has 0 spiro atoms. The topological polar surface area (TPSA) is 66.9 Å². The summed E-state index contributed by atoms with van der Waals surface area (Å²) in [6.45, 7) is 1.78. The number of rotatable bonds is 1. The molecule has 0 aromatic heterocycles. The Morgan fingerprint density at radius 2 is 2.21 bits per heavy atom. The van der Waals surface area contributed by atoms with Crippen LogP contribution < -0.4 is 0 Å².